The van der Waals surface area contributed by atoms with Gasteiger partial charge in [-0.2, -0.15) is 0 Å². The van der Waals surface area contributed by atoms with E-state index in [1.807, 2.05) is 54.6 Å². The van der Waals surface area contributed by atoms with Crippen molar-refractivity contribution in [3.05, 3.63) is 70.2 Å². The molecule has 1 amide bonds. The predicted octanol–water partition coefficient (Wildman–Crippen LogP) is 4.29. The Labute approximate surface area is 167 Å². The smallest absolute Gasteiger partial charge is 0.410 e. The first-order valence-corrected chi connectivity index (χ1v) is 9.66. The molecule has 0 radical (unpaired) electrons. The zero-order valence-corrected chi connectivity index (χ0v) is 16.8. The summed E-state index contributed by atoms with van der Waals surface area (Å²) in [4.78, 5) is 25.9. The summed E-state index contributed by atoms with van der Waals surface area (Å²) in [7, 11) is 1.36. The second kappa shape index (κ2) is 8.57. The van der Waals surface area contributed by atoms with Crippen molar-refractivity contribution >= 4 is 28.0 Å². The lowest BCUT2D eigenvalue weighted by Crippen LogP contribution is -2.33. The Morgan fingerprint density at radius 3 is 2.56 bits per heavy atom. The van der Waals surface area contributed by atoms with Crippen LogP contribution in [-0.2, 0) is 26.3 Å². The summed E-state index contributed by atoms with van der Waals surface area (Å²) in [6.45, 7) is 0.983. The SMILES string of the molecule is COC(=O)CCC1(c2ccccc2)CN(CCc2ccc(Br)cc2)C(=O)O1. The van der Waals surface area contributed by atoms with E-state index in [2.05, 4.69) is 15.9 Å². The van der Waals surface area contributed by atoms with Crippen LogP contribution in [0.25, 0.3) is 0 Å². The van der Waals surface area contributed by atoms with Crippen molar-refractivity contribution in [2.24, 2.45) is 0 Å². The van der Waals surface area contributed by atoms with Crippen LogP contribution >= 0.6 is 15.9 Å². The fourth-order valence-corrected chi connectivity index (χ4v) is 3.56. The van der Waals surface area contributed by atoms with Crippen LogP contribution in [0, 0.1) is 0 Å². The minimum absolute atomic E-state index is 0.194. The van der Waals surface area contributed by atoms with Crippen molar-refractivity contribution in [3.8, 4) is 0 Å². The lowest BCUT2D eigenvalue weighted by molar-refractivity contribution is -0.141. The summed E-state index contributed by atoms with van der Waals surface area (Å²) in [5, 5.41) is 0. The van der Waals surface area contributed by atoms with E-state index in [1.165, 1.54) is 7.11 Å². The molecule has 0 aromatic heterocycles. The van der Waals surface area contributed by atoms with Gasteiger partial charge in [0.15, 0.2) is 5.60 Å². The Bertz CT molecular complexity index is 794. The Morgan fingerprint density at radius 1 is 1.19 bits per heavy atom. The first-order chi connectivity index (χ1) is 13.0. The van der Waals surface area contributed by atoms with Gasteiger partial charge in [-0.25, -0.2) is 4.79 Å². The molecular weight excluding hydrogens is 410 g/mol. The molecule has 0 spiro atoms. The Balaban J connectivity index is 1.74. The molecule has 1 fully saturated rings. The molecule has 0 saturated carbocycles. The fourth-order valence-electron chi connectivity index (χ4n) is 3.29. The molecule has 1 atom stereocenters. The number of nitrogens with zero attached hydrogens (tertiary/aromatic N) is 1. The Hall–Kier alpha value is -2.34. The number of cyclic esters (lactones) is 1. The molecule has 142 valence electrons. The van der Waals surface area contributed by atoms with Gasteiger partial charge in [0, 0.05) is 23.9 Å². The maximum Gasteiger partial charge on any atom is 0.410 e. The number of hydrogen-bond acceptors (Lipinski definition) is 4. The third kappa shape index (κ3) is 4.69. The number of rotatable bonds is 7. The molecule has 0 aliphatic carbocycles. The van der Waals surface area contributed by atoms with Crippen LogP contribution in [0.15, 0.2) is 59.1 Å². The molecule has 0 N–H and O–H groups in total. The Morgan fingerprint density at radius 2 is 1.89 bits per heavy atom. The van der Waals surface area contributed by atoms with Gasteiger partial charge >= 0.3 is 12.1 Å². The number of ether oxygens (including phenoxy) is 2. The van der Waals surface area contributed by atoms with Crippen molar-refractivity contribution in [2.45, 2.75) is 24.9 Å². The number of carbonyl (C=O) groups excluding carboxylic acids is 2. The zero-order valence-electron chi connectivity index (χ0n) is 15.2. The minimum Gasteiger partial charge on any atom is -0.469 e. The molecule has 0 bridgehead atoms. The van der Waals surface area contributed by atoms with E-state index in [-0.39, 0.29) is 18.5 Å². The summed E-state index contributed by atoms with van der Waals surface area (Å²) in [6.07, 6.45) is 0.981. The highest BCUT2D eigenvalue weighted by molar-refractivity contribution is 9.10. The van der Waals surface area contributed by atoms with E-state index in [9.17, 15) is 9.59 Å². The largest absolute Gasteiger partial charge is 0.469 e. The lowest BCUT2D eigenvalue weighted by Gasteiger charge is -2.27. The van der Waals surface area contributed by atoms with E-state index in [4.69, 9.17) is 9.47 Å². The number of esters is 1. The predicted molar refractivity (Wildman–Crippen MR) is 105 cm³/mol. The molecule has 3 rings (SSSR count). The second-order valence-corrected chi connectivity index (χ2v) is 7.52. The van der Waals surface area contributed by atoms with Crippen molar-refractivity contribution in [1.82, 2.24) is 4.90 Å². The molecule has 1 heterocycles. The highest BCUT2D eigenvalue weighted by atomic mass is 79.9. The molecule has 1 unspecified atom stereocenters. The summed E-state index contributed by atoms with van der Waals surface area (Å²) in [5.41, 5.74) is 1.22. The third-order valence-corrected chi connectivity index (χ3v) is 5.36. The second-order valence-electron chi connectivity index (χ2n) is 6.60. The monoisotopic (exact) mass is 431 g/mol. The van der Waals surface area contributed by atoms with Crippen LogP contribution in [0.4, 0.5) is 4.79 Å². The normalized spacial score (nSPS) is 19.0. The highest BCUT2D eigenvalue weighted by Crippen LogP contribution is 2.37. The van der Waals surface area contributed by atoms with E-state index in [0.717, 1.165) is 22.0 Å². The topological polar surface area (TPSA) is 55.8 Å². The van der Waals surface area contributed by atoms with Gasteiger partial charge < -0.3 is 14.4 Å². The molecular formula is C21H22BrNO4. The maximum atomic E-state index is 12.5. The first-order valence-electron chi connectivity index (χ1n) is 8.87. The number of benzene rings is 2. The van der Waals surface area contributed by atoms with Crippen LogP contribution in [0.2, 0.25) is 0 Å². The molecule has 6 heteroatoms. The number of amides is 1. The van der Waals surface area contributed by atoms with Gasteiger partial charge in [-0.1, -0.05) is 58.4 Å². The van der Waals surface area contributed by atoms with Crippen LogP contribution < -0.4 is 0 Å². The van der Waals surface area contributed by atoms with Crippen molar-refractivity contribution in [1.29, 1.82) is 0 Å². The number of hydrogen-bond donors (Lipinski definition) is 0. The lowest BCUT2D eigenvalue weighted by atomic mass is 9.89. The summed E-state index contributed by atoms with van der Waals surface area (Å²) >= 11 is 3.43. The average Bonchev–Trinajstić information content (AvgIpc) is 3.03. The number of halogens is 1. The first kappa shape index (κ1) is 19.4. The fraction of sp³-hybridized carbons (Fsp3) is 0.333. The van der Waals surface area contributed by atoms with E-state index in [0.29, 0.717) is 19.5 Å². The van der Waals surface area contributed by atoms with Gasteiger partial charge in [0.1, 0.15) is 0 Å². The highest BCUT2D eigenvalue weighted by Gasteiger charge is 2.46. The van der Waals surface area contributed by atoms with Crippen LogP contribution in [0.3, 0.4) is 0 Å². The van der Waals surface area contributed by atoms with E-state index < -0.39 is 5.60 Å². The maximum absolute atomic E-state index is 12.5. The quantitative estimate of drug-likeness (QED) is 0.613. The molecule has 27 heavy (non-hydrogen) atoms. The number of carbonyl (C=O) groups is 2. The summed E-state index contributed by atoms with van der Waals surface area (Å²) in [6, 6.07) is 17.6. The number of methoxy groups -OCH3 is 1. The molecule has 2 aromatic rings. The van der Waals surface area contributed by atoms with Crippen molar-refractivity contribution in [3.63, 3.8) is 0 Å². The van der Waals surface area contributed by atoms with Gasteiger partial charge in [0.25, 0.3) is 0 Å². The molecule has 5 nitrogen and oxygen atoms in total. The van der Waals surface area contributed by atoms with Crippen LogP contribution in [-0.4, -0.2) is 37.2 Å². The van der Waals surface area contributed by atoms with Crippen molar-refractivity contribution < 1.29 is 19.1 Å². The van der Waals surface area contributed by atoms with Crippen molar-refractivity contribution in [2.75, 3.05) is 20.2 Å². The summed E-state index contributed by atoms with van der Waals surface area (Å²) < 4.78 is 11.6. The minimum atomic E-state index is -0.827. The molecule has 2 aromatic carbocycles. The van der Waals surface area contributed by atoms with Gasteiger partial charge in [-0.15, -0.1) is 0 Å². The summed E-state index contributed by atoms with van der Waals surface area (Å²) in [5.74, 6) is -0.310. The molecule has 1 aliphatic rings. The molecule has 1 aliphatic heterocycles. The standard InChI is InChI=1S/C21H22BrNO4/c1-26-19(24)11-13-21(17-5-3-2-4-6-17)15-23(20(25)27-21)14-12-16-7-9-18(22)10-8-16/h2-10H,11-15H2,1H3. The van der Waals surface area contributed by atoms with Gasteiger partial charge in [-0.3, -0.25) is 4.79 Å². The van der Waals surface area contributed by atoms with Gasteiger partial charge in [0.2, 0.25) is 0 Å². The third-order valence-electron chi connectivity index (χ3n) is 4.83. The van der Waals surface area contributed by atoms with E-state index >= 15 is 0 Å². The molecule has 1 saturated heterocycles. The van der Waals surface area contributed by atoms with Crippen LogP contribution in [0.1, 0.15) is 24.0 Å². The van der Waals surface area contributed by atoms with Gasteiger partial charge in [0.05, 0.1) is 13.7 Å². The average molecular weight is 432 g/mol. The zero-order chi connectivity index (χ0) is 19.3. The van der Waals surface area contributed by atoms with Gasteiger partial charge in [-0.05, 0) is 29.7 Å². The van der Waals surface area contributed by atoms with Crippen LogP contribution in [0.5, 0.6) is 0 Å². The Kier molecular flexibility index (Phi) is 6.16. The van der Waals surface area contributed by atoms with E-state index in [1.54, 1.807) is 4.90 Å².